The molecule has 1 aliphatic heterocycles. The summed E-state index contributed by atoms with van der Waals surface area (Å²) in [6.45, 7) is 2.30. The molecule has 16 heavy (non-hydrogen) atoms. The van der Waals surface area contributed by atoms with Gasteiger partial charge >= 0.3 is 0 Å². The van der Waals surface area contributed by atoms with Crippen LogP contribution < -0.4 is 4.90 Å². The van der Waals surface area contributed by atoms with Gasteiger partial charge in [0.2, 0.25) is 0 Å². The SMILES string of the molecule is OCCCc1cc(F)ccc1N1CCCC1. The fourth-order valence-electron chi connectivity index (χ4n) is 2.29. The van der Waals surface area contributed by atoms with E-state index in [0.29, 0.717) is 6.42 Å². The normalized spacial score (nSPS) is 15.8. The zero-order chi connectivity index (χ0) is 11.4. The van der Waals surface area contributed by atoms with E-state index in [1.54, 1.807) is 6.07 Å². The molecule has 1 N–H and O–H groups in total. The molecule has 0 bridgehead atoms. The molecule has 0 amide bonds. The molecule has 1 aliphatic rings. The van der Waals surface area contributed by atoms with Gasteiger partial charge in [-0.25, -0.2) is 4.39 Å². The number of nitrogens with zero attached hydrogens (tertiary/aromatic N) is 1. The van der Waals surface area contributed by atoms with Crippen LogP contribution in [-0.4, -0.2) is 24.8 Å². The van der Waals surface area contributed by atoms with Crippen molar-refractivity contribution in [3.05, 3.63) is 29.6 Å². The van der Waals surface area contributed by atoms with Gasteiger partial charge in [-0.1, -0.05) is 0 Å². The molecular formula is C13H18FNO. The van der Waals surface area contributed by atoms with Crippen molar-refractivity contribution in [1.29, 1.82) is 0 Å². The molecule has 1 aromatic rings. The number of halogens is 1. The van der Waals surface area contributed by atoms with Gasteiger partial charge in [0.05, 0.1) is 0 Å². The fraction of sp³-hybridized carbons (Fsp3) is 0.538. The lowest BCUT2D eigenvalue weighted by Crippen LogP contribution is -2.19. The molecule has 0 aliphatic carbocycles. The van der Waals surface area contributed by atoms with Gasteiger partial charge < -0.3 is 10.0 Å². The maximum Gasteiger partial charge on any atom is 0.123 e. The Morgan fingerprint density at radius 3 is 2.69 bits per heavy atom. The average molecular weight is 223 g/mol. The molecule has 1 saturated heterocycles. The van der Waals surface area contributed by atoms with Crippen molar-refractivity contribution in [2.24, 2.45) is 0 Å². The van der Waals surface area contributed by atoms with Crippen molar-refractivity contribution in [2.75, 3.05) is 24.6 Å². The van der Waals surface area contributed by atoms with E-state index < -0.39 is 0 Å². The first-order valence-electron chi connectivity index (χ1n) is 5.95. The molecule has 0 unspecified atom stereocenters. The van der Waals surface area contributed by atoms with Crippen molar-refractivity contribution in [2.45, 2.75) is 25.7 Å². The molecule has 1 fully saturated rings. The van der Waals surface area contributed by atoms with Crippen LogP contribution in [-0.2, 0) is 6.42 Å². The van der Waals surface area contributed by atoms with E-state index in [-0.39, 0.29) is 12.4 Å². The van der Waals surface area contributed by atoms with E-state index in [2.05, 4.69) is 4.90 Å². The second-order valence-corrected chi connectivity index (χ2v) is 4.29. The maximum absolute atomic E-state index is 13.2. The number of hydrogen-bond donors (Lipinski definition) is 1. The van der Waals surface area contributed by atoms with Gasteiger partial charge in [0.25, 0.3) is 0 Å². The first kappa shape index (κ1) is 11.4. The minimum atomic E-state index is -0.184. The lowest BCUT2D eigenvalue weighted by molar-refractivity contribution is 0.288. The van der Waals surface area contributed by atoms with Gasteiger partial charge in [-0.05, 0) is 49.4 Å². The van der Waals surface area contributed by atoms with Crippen LogP contribution in [0.5, 0.6) is 0 Å². The highest BCUT2D eigenvalue weighted by atomic mass is 19.1. The summed E-state index contributed by atoms with van der Waals surface area (Å²) in [5.41, 5.74) is 2.17. The predicted molar refractivity (Wildman–Crippen MR) is 63.3 cm³/mol. The number of aliphatic hydroxyl groups excluding tert-OH is 1. The Hall–Kier alpha value is -1.09. The van der Waals surface area contributed by atoms with Crippen LogP contribution in [0.25, 0.3) is 0 Å². The fourth-order valence-corrected chi connectivity index (χ4v) is 2.29. The second-order valence-electron chi connectivity index (χ2n) is 4.29. The number of aryl methyl sites for hydroxylation is 1. The summed E-state index contributed by atoms with van der Waals surface area (Å²) < 4.78 is 13.2. The van der Waals surface area contributed by atoms with Crippen LogP contribution in [0.15, 0.2) is 18.2 Å². The Bertz CT molecular complexity index is 348. The summed E-state index contributed by atoms with van der Waals surface area (Å²) in [6, 6.07) is 4.99. The van der Waals surface area contributed by atoms with E-state index in [1.165, 1.54) is 18.9 Å². The highest BCUT2D eigenvalue weighted by molar-refractivity contribution is 5.54. The van der Waals surface area contributed by atoms with Crippen LogP contribution in [0.2, 0.25) is 0 Å². The average Bonchev–Trinajstić information content (AvgIpc) is 2.80. The van der Waals surface area contributed by atoms with E-state index >= 15 is 0 Å². The van der Waals surface area contributed by atoms with Gasteiger partial charge in [0.1, 0.15) is 5.82 Å². The predicted octanol–water partition coefficient (Wildman–Crippen LogP) is 2.35. The summed E-state index contributed by atoms with van der Waals surface area (Å²) in [5, 5.41) is 8.85. The number of rotatable bonds is 4. The Kier molecular flexibility index (Phi) is 3.78. The van der Waals surface area contributed by atoms with Gasteiger partial charge in [0, 0.05) is 25.4 Å². The third kappa shape index (κ3) is 2.53. The molecule has 0 radical (unpaired) electrons. The van der Waals surface area contributed by atoms with Crippen molar-refractivity contribution >= 4 is 5.69 Å². The van der Waals surface area contributed by atoms with Gasteiger partial charge in [-0.15, -0.1) is 0 Å². The minimum absolute atomic E-state index is 0.163. The Balaban J connectivity index is 2.20. The van der Waals surface area contributed by atoms with Gasteiger partial charge in [-0.2, -0.15) is 0 Å². The van der Waals surface area contributed by atoms with Crippen molar-refractivity contribution in [3.63, 3.8) is 0 Å². The van der Waals surface area contributed by atoms with E-state index in [4.69, 9.17) is 5.11 Å². The minimum Gasteiger partial charge on any atom is -0.396 e. The first-order valence-corrected chi connectivity index (χ1v) is 5.95. The van der Waals surface area contributed by atoms with Crippen LogP contribution in [0.1, 0.15) is 24.8 Å². The van der Waals surface area contributed by atoms with Gasteiger partial charge in [-0.3, -0.25) is 0 Å². The number of anilines is 1. The molecule has 1 aromatic carbocycles. The molecule has 1 heterocycles. The second kappa shape index (κ2) is 5.30. The third-order valence-corrected chi connectivity index (χ3v) is 3.09. The monoisotopic (exact) mass is 223 g/mol. The lowest BCUT2D eigenvalue weighted by atomic mass is 10.1. The molecule has 2 rings (SSSR count). The van der Waals surface area contributed by atoms with Crippen LogP contribution >= 0.6 is 0 Å². The van der Waals surface area contributed by atoms with Crippen molar-refractivity contribution < 1.29 is 9.50 Å². The van der Waals surface area contributed by atoms with Crippen molar-refractivity contribution in [1.82, 2.24) is 0 Å². The van der Waals surface area contributed by atoms with Gasteiger partial charge in [0.15, 0.2) is 0 Å². The highest BCUT2D eigenvalue weighted by Gasteiger charge is 2.15. The summed E-state index contributed by atoms with van der Waals surface area (Å²) >= 11 is 0. The Morgan fingerprint density at radius 1 is 1.25 bits per heavy atom. The molecule has 88 valence electrons. The molecular weight excluding hydrogens is 205 g/mol. The summed E-state index contributed by atoms with van der Waals surface area (Å²) in [7, 11) is 0. The third-order valence-electron chi connectivity index (χ3n) is 3.09. The molecule has 0 atom stereocenters. The number of hydrogen-bond acceptors (Lipinski definition) is 2. The molecule has 0 aromatic heterocycles. The molecule has 0 spiro atoms. The molecule has 2 nitrogen and oxygen atoms in total. The summed E-state index contributed by atoms with van der Waals surface area (Å²) in [4.78, 5) is 2.31. The Labute approximate surface area is 95.7 Å². The topological polar surface area (TPSA) is 23.5 Å². The smallest absolute Gasteiger partial charge is 0.123 e. The van der Waals surface area contributed by atoms with Crippen LogP contribution in [0.3, 0.4) is 0 Å². The molecule has 3 heteroatoms. The standard InChI is InChI=1S/C13H18FNO/c14-12-5-6-13(15-7-1-2-8-15)11(10-12)4-3-9-16/h5-6,10,16H,1-4,7-9H2. The van der Waals surface area contributed by atoms with E-state index in [9.17, 15) is 4.39 Å². The quantitative estimate of drug-likeness (QED) is 0.847. The largest absolute Gasteiger partial charge is 0.396 e. The van der Waals surface area contributed by atoms with E-state index in [0.717, 1.165) is 30.8 Å². The zero-order valence-electron chi connectivity index (χ0n) is 9.45. The van der Waals surface area contributed by atoms with Crippen molar-refractivity contribution in [3.8, 4) is 0 Å². The maximum atomic E-state index is 13.2. The number of aliphatic hydroxyl groups is 1. The lowest BCUT2D eigenvalue weighted by Gasteiger charge is -2.21. The Morgan fingerprint density at radius 2 is 2.00 bits per heavy atom. The summed E-state index contributed by atoms with van der Waals surface area (Å²) in [6.07, 6.45) is 3.89. The first-order chi connectivity index (χ1) is 7.81. The highest BCUT2D eigenvalue weighted by Crippen LogP contribution is 2.26. The summed E-state index contributed by atoms with van der Waals surface area (Å²) in [5.74, 6) is -0.184. The van der Waals surface area contributed by atoms with E-state index in [1.807, 2.05) is 6.07 Å². The van der Waals surface area contributed by atoms with Crippen LogP contribution in [0.4, 0.5) is 10.1 Å². The molecule has 0 saturated carbocycles. The zero-order valence-corrected chi connectivity index (χ0v) is 9.45. The number of benzene rings is 1. The van der Waals surface area contributed by atoms with Crippen LogP contribution in [0, 0.1) is 5.82 Å².